The first-order valence-electron chi connectivity index (χ1n) is 11.4. The third-order valence-electron chi connectivity index (χ3n) is 6.31. The normalized spacial score (nSPS) is 14.6. The van der Waals surface area contributed by atoms with Gasteiger partial charge >= 0.3 is 0 Å². The van der Waals surface area contributed by atoms with Gasteiger partial charge in [0.05, 0.1) is 5.69 Å². The first-order chi connectivity index (χ1) is 17.4. The average molecular weight is 505 g/mol. The SMILES string of the molecule is O=C(NCCc1ccccn1)c1ccc2cc(C(=O)N3CC(CCl)c4ccc(N([O-])O)cc43)[nH]c2c1. The molecule has 3 N–H and O–H groups in total. The van der Waals surface area contributed by atoms with Gasteiger partial charge in [-0.1, -0.05) is 18.2 Å². The molecule has 1 atom stereocenters. The zero-order valence-electron chi connectivity index (χ0n) is 19.1. The first kappa shape index (κ1) is 23.8. The molecule has 0 fully saturated rings. The van der Waals surface area contributed by atoms with Crippen LogP contribution in [0.3, 0.4) is 0 Å². The molecule has 0 bridgehead atoms. The molecule has 1 unspecified atom stereocenters. The highest BCUT2D eigenvalue weighted by molar-refractivity contribution is 6.19. The summed E-state index contributed by atoms with van der Waals surface area (Å²) in [7, 11) is 0. The highest BCUT2D eigenvalue weighted by Crippen LogP contribution is 2.40. The molecule has 0 radical (unpaired) electrons. The fourth-order valence-corrected chi connectivity index (χ4v) is 4.72. The molecule has 3 heterocycles. The van der Waals surface area contributed by atoms with Gasteiger partial charge in [0.15, 0.2) is 0 Å². The second-order valence-electron chi connectivity index (χ2n) is 8.60. The number of carbonyl (C=O) groups excluding carboxylic acids is 2. The van der Waals surface area contributed by atoms with E-state index < -0.39 is 0 Å². The lowest BCUT2D eigenvalue weighted by Crippen LogP contribution is -2.30. The molecule has 1 aliphatic rings. The van der Waals surface area contributed by atoms with E-state index >= 15 is 0 Å². The molecule has 1 aliphatic heterocycles. The second-order valence-corrected chi connectivity index (χ2v) is 8.90. The summed E-state index contributed by atoms with van der Waals surface area (Å²) < 4.78 is 0. The van der Waals surface area contributed by atoms with Crippen molar-refractivity contribution in [1.29, 1.82) is 0 Å². The lowest BCUT2D eigenvalue weighted by molar-refractivity contribution is 0.0952. The molecular weight excluding hydrogens is 482 g/mol. The summed E-state index contributed by atoms with van der Waals surface area (Å²) >= 11 is 6.13. The Morgan fingerprint density at radius 3 is 2.81 bits per heavy atom. The van der Waals surface area contributed by atoms with Gasteiger partial charge in [-0.15, -0.1) is 11.6 Å². The highest BCUT2D eigenvalue weighted by atomic mass is 35.5. The van der Waals surface area contributed by atoms with E-state index in [0.29, 0.717) is 47.9 Å². The summed E-state index contributed by atoms with van der Waals surface area (Å²) in [6, 6.07) is 17.3. The van der Waals surface area contributed by atoms with E-state index in [2.05, 4.69) is 15.3 Å². The maximum atomic E-state index is 13.4. The van der Waals surface area contributed by atoms with Crippen molar-refractivity contribution in [3.63, 3.8) is 0 Å². The zero-order chi connectivity index (χ0) is 25.2. The maximum absolute atomic E-state index is 13.4. The van der Waals surface area contributed by atoms with Crippen molar-refractivity contribution < 1.29 is 14.8 Å². The molecular formula is C26H23ClN5O4-. The van der Waals surface area contributed by atoms with E-state index in [4.69, 9.17) is 11.6 Å². The number of aromatic amines is 1. The van der Waals surface area contributed by atoms with Gasteiger partial charge in [0, 0.05) is 65.4 Å². The van der Waals surface area contributed by atoms with Crippen LogP contribution in [-0.2, 0) is 6.42 Å². The number of nitrogens with zero attached hydrogens (tertiary/aromatic N) is 3. The molecule has 9 nitrogen and oxygen atoms in total. The van der Waals surface area contributed by atoms with Gasteiger partial charge in [0.25, 0.3) is 11.8 Å². The Balaban J connectivity index is 1.34. The number of carbonyl (C=O) groups is 2. The average Bonchev–Trinajstić information content (AvgIpc) is 3.49. The van der Waals surface area contributed by atoms with E-state index in [-0.39, 0.29) is 28.6 Å². The second kappa shape index (κ2) is 9.98. The molecule has 184 valence electrons. The number of H-pyrrole nitrogens is 1. The topological polar surface area (TPSA) is 125 Å². The van der Waals surface area contributed by atoms with E-state index in [1.165, 1.54) is 12.1 Å². The van der Waals surface area contributed by atoms with E-state index in [1.54, 1.807) is 41.4 Å². The number of anilines is 2. The van der Waals surface area contributed by atoms with Crippen LogP contribution in [0, 0.1) is 5.21 Å². The molecule has 0 aliphatic carbocycles. The molecule has 36 heavy (non-hydrogen) atoms. The molecule has 4 aromatic rings. The summed E-state index contributed by atoms with van der Waals surface area (Å²) in [5.74, 6) is -0.299. The van der Waals surface area contributed by atoms with Gasteiger partial charge in [-0.25, -0.2) is 0 Å². The minimum Gasteiger partial charge on any atom is -0.733 e. The van der Waals surface area contributed by atoms with Crippen molar-refractivity contribution in [3.05, 3.63) is 94.6 Å². The molecule has 2 aromatic heterocycles. The summed E-state index contributed by atoms with van der Waals surface area (Å²) in [6.07, 6.45) is 2.34. The smallest absolute Gasteiger partial charge is 0.274 e. The van der Waals surface area contributed by atoms with Gasteiger partial charge in [0.2, 0.25) is 0 Å². The fourth-order valence-electron chi connectivity index (χ4n) is 4.45. The van der Waals surface area contributed by atoms with E-state index in [0.717, 1.165) is 16.6 Å². The van der Waals surface area contributed by atoms with Gasteiger partial charge in [-0.05, 0) is 48.0 Å². The summed E-state index contributed by atoms with van der Waals surface area (Å²) in [6.45, 7) is 0.805. The molecule has 2 aromatic carbocycles. The number of pyridine rings is 1. The fraction of sp³-hybridized carbons (Fsp3) is 0.192. The number of amides is 2. The van der Waals surface area contributed by atoms with Crippen LogP contribution in [0.4, 0.5) is 11.4 Å². The molecule has 0 spiro atoms. The van der Waals surface area contributed by atoms with Crippen molar-refractivity contribution in [1.82, 2.24) is 15.3 Å². The number of halogens is 1. The van der Waals surface area contributed by atoms with Crippen LogP contribution in [0.15, 0.2) is 66.9 Å². The van der Waals surface area contributed by atoms with Crippen molar-refractivity contribution in [2.24, 2.45) is 0 Å². The number of nitrogens with one attached hydrogen (secondary N) is 2. The Bertz CT molecular complexity index is 1420. The lowest BCUT2D eigenvalue weighted by Gasteiger charge is -2.24. The van der Waals surface area contributed by atoms with Gasteiger partial charge < -0.3 is 25.6 Å². The standard InChI is InChI=1S/C26H23ClN5O4/c27-14-18-15-31(24-13-20(32(35)36)6-7-21(18)24)26(34)23-11-16-4-5-17(12-22(16)30-23)25(33)29-10-8-19-3-1-2-9-28-19/h1-7,9,11-13,18,30,35H,8,10,14-15H2,(H,29,33)/q-1. The van der Waals surface area contributed by atoms with Crippen LogP contribution in [-0.4, -0.2) is 46.0 Å². The van der Waals surface area contributed by atoms with Crippen LogP contribution < -0.4 is 15.4 Å². The number of aromatic nitrogens is 2. The molecule has 10 heteroatoms. The largest absolute Gasteiger partial charge is 0.733 e. The quantitative estimate of drug-likeness (QED) is 0.256. The predicted octanol–water partition coefficient (Wildman–Crippen LogP) is 4.21. The summed E-state index contributed by atoms with van der Waals surface area (Å²) in [5.41, 5.74) is 3.76. The van der Waals surface area contributed by atoms with Crippen LogP contribution in [0.1, 0.15) is 38.0 Å². The van der Waals surface area contributed by atoms with Crippen LogP contribution in [0.5, 0.6) is 0 Å². The van der Waals surface area contributed by atoms with Crippen molar-refractivity contribution >= 4 is 45.7 Å². The Hall–Kier alpha value is -3.92. The number of rotatable bonds is 7. The van der Waals surface area contributed by atoms with Crippen molar-refractivity contribution in [2.45, 2.75) is 12.3 Å². The minimum absolute atomic E-state index is 0.0251. The molecule has 5 rings (SSSR count). The van der Waals surface area contributed by atoms with Crippen molar-refractivity contribution in [3.8, 4) is 0 Å². The number of hydrogen-bond acceptors (Lipinski definition) is 6. The van der Waals surface area contributed by atoms with Crippen LogP contribution in [0.25, 0.3) is 10.9 Å². The Morgan fingerprint density at radius 2 is 2.06 bits per heavy atom. The first-order valence-corrected chi connectivity index (χ1v) is 12.0. The lowest BCUT2D eigenvalue weighted by atomic mass is 10.0. The molecule has 0 saturated heterocycles. The maximum Gasteiger partial charge on any atom is 0.274 e. The number of fused-ring (bicyclic) bond motifs is 2. The van der Waals surface area contributed by atoms with Crippen LogP contribution >= 0.6 is 11.6 Å². The van der Waals surface area contributed by atoms with Crippen molar-refractivity contribution in [2.75, 3.05) is 29.1 Å². The predicted molar refractivity (Wildman–Crippen MR) is 138 cm³/mol. The number of hydrogen-bond donors (Lipinski definition) is 3. The van der Waals surface area contributed by atoms with E-state index in [1.807, 2.05) is 18.2 Å². The van der Waals surface area contributed by atoms with Gasteiger partial charge in [0.1, 0.15) is 5.69 Å². The summed E-state index contributed by atoms with van der Waals surface area (Å²) in [5, 5.41) is 24.1. The highest BCUT2D eigenvalue weighted by Gasteiger charge is 2.33. The minimum atomic E-state index is -0.297. The third kappa shape index (κ3) is 4.64. The Morgan fingerprint density at radius 1 is 1.19 bits per heavy atom. The molecule has 0 saturated carbocycles. The van der Waals surface area contributed by atoms with Gasteiger partial charge in [-0.3, -0.25) is 19.8 Å². The zero-order valence-corrected chi connectivity index (χ0v) is 19.9. The number of benzene rings is 2. The third-order valence-corrected chi connectivity index (χ3v) is 6.68. The monoisotopic (exact) mass is 504 g/mol. The number of alkyl halides is 1. The summed E-state index contributed by atoms with van der Waals surface area (Å²) in [4.78, 5) is 35.0. The Labute approximate surface area is 211 Å². The van der Waals surface area contributed by atoms with Gasteiger partial charge in [-0.2, -0.15) is 0 Å². The van der Waals surface area contributed by atoms with E-state index in [9.17, 15) is 20.0 Å². The molecule has 2 amide bonds. The van der Waals surface area contributed by atoms with Crippen LogP contribution in [0.2, 0.25) is 0 Å². The Kier molecular flexibility index (Phi) is 6.60.